The molecule has 0 saturated carbocycles. The second-order valence-electron chi connectivity index (χ2n) is 5.95. The zero-order chi connectivity index (χ0) is 15.6. The highest BCUT2D eigenvalue weighted by molar-refractivity contribution is 6.05. The highest BCUT2D eigenvalue weighted by Crippen LogP contribution is 2.39. The zero-order valence-electron chi connectivity index (χ0n) is 13.0. The van der Waals surface area contributed by atoms with Crippen molar-refractivity contribution in [2.45, 2.75) is 40.7 Å². The molecule has 0 N–H and O–H groups in total. The number of carbonyl (C=O) groups excluding carboxylic acids is 2. The van der Waals surface area contributed by atoms with Gasteiger partial charge in [-0.2, -0.15) is 0 Å². The van der Waals surface area contributed by atoms with Gasteiger partial charge in [0.15, 0.2) is 0 Å². The van der Waals surface area contributed by atoms with Gasteiger partial charge in [-0.25, -0.2) is 0 Å². The fourth-order valence-corrected chi connectivity index (χ4v) is 2.44. The normalized spacial score (nSPS) is 22.2. The number of pyridine rings is 1. The number of likely N-dealkylation sites (tertiary alicyclic amines) is 1. The van der Waals surface area contributed by atoms with Gasteiger partial charge in [-0.3, -0.25) is 19.5 Å². The third-order valence-corrected chi connectivity index (χ3v) is 4.26. The van der Waals surface area contributed by atoms with Crippen LogP contribution >= 0.6 is 0 Å². The number of carbonyl (C=O) groups is 2. The molecule has 5 nitrogen and oxygen atoms in total. The number of nitrogens with zero attached hydrogens (tertiary/aromatic N) is 2. The summed E-state index contributed by atoms with van der Waals surface area (Å²) in [5, 5.41) is 0. The molecule has 1 atom stereocenters. The molecule has 0 aliphatic carbocycles. The summed E-state index contributed by atoms with van der Waals surface area (Å²) in [4.78, 5) is 30.2. The lowest BCUT2D eigenvalue weighted by atomic mass is 9.78. The number of imide groups is 1. The van der Waals surface area contributed by atoms with Crippen molar-refractivity contribution in [1.82, 2.24) is 9.88 Å². The van der Waals surface area contributed by atoms with Gasteiger partial charge in [-0.1, -0.05) is 13.8 Å². The number of aromatic nitrogens is 1. The Kier molecular flexibility index (Phi) is 4.30. The van der Waals surface area contributed by atoms with Crippen LogP contribution in [0.2, 0.25) is 0 Å². The van der Waals surface area contributed by atoms with Crippen LogP contribution in [-0.4, -0.2) is 28.3 Å². The molecule has 1 aliphatic heterocycles. The molecule has 0 spiro atoms. The summed E-state index contributed by atoms with van der Waals surface area (Å²) in [7, 11) is 0. The minimum atomic E-state index is -0.595. The minimum Gasteiger partial charge on any atom is -0.492 e. The zero-order valence-corrected chi connectivity index (χ0v) is 13.0. The van der Waals surface area contributed by atoms with Crippen molar-refractivity contribution < 1.29 is 14.3 Å². The van der Waals surface area contributed by atoms with E-state index in [0.29, 0.717) is 18.1 Å². The maximum absolute atomic E-state index is 12.5. The van der Waals surface area contributed by atoms with Crippen molar-refractivity contribution in [3.63, 3.8) is 0 Å². The van der Waals surface area contributed by atoms with Crippen LogP contribution in [0.25, 0.3) is 0 Å². The summed E-state index contributed by atoms with van der Waals surface area (Å²) in [5.41, 5.74) is 0.0932. The van der Waals surface area contributed by atoms with Crippen LogP contribution in [0.3, 0.4) is 0 Å². The smallest absolute Gasteiger partial charge is 0.236 e. The largest absolute Gasteiger partial charge is 0.492 e. The van der Waals surface area contributed by atoms with Crippen molar-refractivity contribution in [2.75, 3.05) is 6.61 Å². The number of rotatable bonds is 5. The summed E-state index contributed by atoms with van der Waals surface area (Å²) in [6.07, 6.45) is 1.89. The van der Waals surface area contributed by atoms with E-state index < -0.39 is 5.41 Å². The third-order valence-electron chi connectivity index (χ3n) is 4.26. The predicted octanol–water partition coefficient (Wildman–Crippen LogP) is 2.40. The third kappa shape index (κ3) is 2.91. The standard InChI is InChI=1S/C16H22N2O3/c1-5-21-13-7-6-12(17-9-13)10-18-14(19)8-16(4,11(2)3)15(18)20/h6-7,9,11H,5,8,10H2,1-4H3/t16-/m0/s1. The van der Waals surface area contributed by atoms with Crippen molar-refractivity contribution >= 4 is 11.8 Å². The van der Waals surface area contributed by atoms with Crippen molar-refractivity contribution in [2.24, 2.45) is 11.3 Å². The van der Waals surface area contributed by atoms with Crippen molar-refractivity contribution in [3.8, 4) is 5.75 Å². The second-order valence-corrected chi connectivity index (χ2v) is 5.95. The van der Waals surface area contributed by atoms with E-state index in [-0.39, 0.29) is 30.7 Å². The lowest BCUT2D eigenvalue weighted by Crippen LogP contribution is -2.36. The molecule has 1 aliphatic rings. The molecule has 1 aromatic heterocycles. The molecule has 21 heavy (non-hydrogen) atoms. The summed E-state index contributed by atoms with van der Waals surface area (Å²) >= 11 is 0. The first-order valence-electron chi connectivity index (χ1n) is 7.31. The fraction of sp³-hybridized carbons (Fsp3) is 0.562. The van der Waals surface area contributed by atoms with Gasteiger partial charge in [0.05, 0.1) is 30.5 Å². The van der Waals surface area contributed by atoms with E-state index in [2.05, 4.69) is 4.98 Å². The molecule has 0 bridgehead atoms. The van der Waals surface area contributed by atoms with E-state index in [1.807, 2.05) is 27.7 Å². The quantitative estimate of drug-likeness (QED) is 0.781. The van der Waals surface area contributed by atoms with Gasteiger partial charge in [-0.15, -0.1) is 0 Å². The Morgan fingerprint density at radius 2 is 2.10 bits per heavy atom. The first-order valence-corrected chi connectivity index (χ1v) is 7.31. The van der Waals surface area contributed by atoms with Crippen molar-refractivity contribution in [1.29, 1.82) is 0 Å². The van der Waals surface area contributed by atoms with E-state index in [1.54, 1.807) is 18.3 Å². The van der Waals surface area contributed by atoms with E-state index >= 15 is 0 Å². The predicted molar refractivity (Wildman–Crippen MR) is 78.5 cm³/mol. The van der Waals surface area contributed by atoms with Crippen LogP contribution in [0.15, 0.2) is 18.3 Å². The molecular formula is C16H22N2O3. The number of hydrogen-bond donors (Lipinski definition) is 0. The van der Waals surface area contributed by atoms with Crippen molar-refractivity contribution in [3.05, 3.63) is 24.0 Å². The average molecular weight is 290 g/mol. The highest BCUT2D eigenvalue weighted by atomic mass is 16.5. The monoisotopic (exact) mass is 290 g/mol. The van der Waals surface area contributed by atoms with Crippen LogP contribution < -0.4 is 4.74 Å². The fourth-order valence-electron chi connectivity index (χ4n) is 2.44. The van der Waals surface area contributed by atoms with Gasteiger partial charge < -0.3 is 4.74 Å². The van der Waals surface area contributed by atoms with Crippen LogP contribution in [0, 0.1) is 11.3 Å². The summed E-state index contributed by atoms with van der Waals surface area (Å²) in [5.74, 6) is 0.602. The Morgan fingerprint density at radius 3 is 2.57 bits per heavy atom. The molecule has 2 rings (SSSR count). The molecule has 0 radical (unpaired) electrons. The molecule has 0 unspecified atom stereocenters. The minimum absolute atomic E-state index is 0.0989. The molecule has 0 aromatic carbocycles. The van der Waals surface area contributed by atoms with Gasteiger partial charge in [0, 0.05) is 6.42 Å². The molecular weight excluding hydrogens is 268 g/mol. The molecule has 2 heterocycles. The topological polar surface area (TPSA) is 59.5 Å². The molecule has 1 aromatic rings. The SMILES string of the molecule is CCOc1ccc(CN2C(=O)C[C@@](C)(C(C)C)C2=O)nc1. The van der Waals surface area contributed by atoms with Gasteiger partial charge in [0.2, 0.25) is 11.8 Å². The van der Waals surface area contributed by atoms with Gasteiger partial charge in [0.1, 0.15) is 5.75 Å². The molecule has 1 saturated heterocycles. The Balaban J connectivity index is 2.12. The van der Waals surface area contributed by atoms with Crippen LogP contribution in [0.4, 0.5) is 0 Å². The molecule has 1 fully saturated rings. The van der Waals surface area contributed by atoms with Gasteiger partial charge >= 0.3 is 0 Å². The number of amides is 2. The van der Waals surface area contributed by atoms with Crippen LogP contribution in [-0.2, 0) is 16.1 Å². The summed E-state index contributed by atoms with van der Waals surface area (Å²) < 4.78 is 5.33. The average Bonchev–Trinajstić information content (AvgIpc) is 2.66. The van der Waals surface area contributed by atoms with Crippen LogP contribution in [0.5, 0.6) is 5.75 Å². The first kappa shape index (κ1) is 15.5. The Labute approximate surface area is 125 Å². The highest BCUT2D eigenvalue weighted by Gasteiger charge is 2.49. The lowest BCUT2D eigenvalue weighted by molar-refractivity contribution is -0.142. The first-order chi connectivity index (χ1) is 9.88. The maximum Gasteiger partial charge on any atom is 0.236 e. The Hall–Kier alpha value is -1.91. The summed E-state index contributed by atoms with van der Waals surface area (Å²) in [6.45, 7) is 8.53. The van der Waals surface area contributed by atoms with E-state index in [0.717, 1.165) is 0 Å². The summed E-state index contributed by atoms with van der Waals surface area (Å²) in [6, 6.07) is 3.59. The molecule has 5 heteroatoms. The lowest BCUT2D eigenvalue weighted by Gasteiger charge is -2.25. The Bertz CT molecular complexity index is 539. The van der Waals surface area contributed by atoms with Crippen LogP contribution in [0.1, 0.15) is 39.8 Å². The number of ether oxygens (including phenoxy) is 1. The second kappa shape index (κ2) is 5.84. The van der Waals surface area contributed by atoms with E-state index in [1.165, 1.54) is 4.90 Å². The van der Waals surface area contributed by atoms with Gasteiger partial charge in [0.25, 0.3) is 0 Å². The van der Waals surface area contributed by atoms with E-state index in [9.17, 15) is 9.59 Å². The van der Waals surface area contributed by atoms with E-state index in [4.69, 9.17) is 4.74 Å². The number of hydrogen-bond acceptors (Lipinski definition) is 4. The Morgan fingerprint density at radius 1 is 1.38 bits per heavy atom. The van der Waals surface area contributed by atoms with Gasteiger partial charge in [-0.05, 0) is 31.9 Å². The maximum atomic E-state index is 12.5. The molecule has 114 valence electrons. The molecule has 2 amide bonds.